The van der Waals surface area contributed by atoms with E-state index < -0.39 is 17.6 Å². The zero-order valence-electron chi connectivity index (χ0n) is 9.02. The lowest BCUT2D eigenvalue weighted by Crippen LogP contribution is -1.91. The summed E-state index contributed by atoms with van der Waals surface area (Å²) in [5, 5.41) is 9.02. The van der Waals surface area contributed by atoms with Crippen molar-refractivity contribution in [2.24, 2.45) is 0 Å². The Morgan fingerprint density at radius 2 is 2.06 bits per heavy atom. The summed E-state index contributed by atoms with van der Waals surface area (Å²) in [7, 11) is 0. The smallest absolute Gasteiger partial charge is 0.371 e. The molecule has 0 aliphatic carbocycles. The SMILES string of the molecule is O=C(O)c1ccc(SCc2ccc(F)cc2F)o1. The Kier molecular flexibility index (Phi) is 3.66. The topological polar surface area (TPSA) is 50.4 Å². The van der Waals surface area contributed by atoms with Gasteiger partial charge < -0.3 is 9.52 Å². The number of carbonyl (C=O) groups is 1. The number of benzene rings is 1. The minimum absolute atomic E-state index is 0.169. The van der Waals surface area contributed by atoms with Crippen LogP contribution in [-0.4, -0.2) is 11.1 Å². The molecule has 0 aliphatic rings. The number of carboxylic acids is 1. The van der Waals surface area contributed by atoms with Crippen LogP contribution in [0.4, 0.5) is 8.78 Å². The highest BCUT2D eigenvalue weighted by molar-refractivity contribution is 7.98. The molecule has 2 aromatic rings. The fourth-order valence-corrected chi connectivity index (χ4v) is 2.15. The highest BCUT2D eigenvalue weighted by Crippen LogP contribution is 2.26. The van der Waals surface area contributed by atoms with Gasteiger partial charge in [-0.25, -0.2) is 13.6 Å². The van der Waals surface area contributed by atoms with Crippen LogP contribution in [-0.2, 0) is 5.75 Å². The fourth-order valence-electron chi connectivity index (χ4n) is 1.30. The van der Waals surface area contributed by atoms with Crippen molar-refractivity contribution in [3.05, 3.63) is 53.3 Å². The summed E-state index contributed by atoms with van der Waals surface area (Å²) in [4.78, 5) is 10.6. The van der Waals surface area contributed by atoms with Gasteiger partial charge in [-0.05, 0) is 23.8 Å². The van der Waals surface area contributed by atoms with E-state index in [-0.39, 0.29) is 11.5 Å². The molecule has 1 N–H and O–H groups in total. The van der Waals surface area contributed by atoms with Crippen LogP contribution in [0.3, 0.4) is 0 Å². The fraction of sp³-hybridized carbons (Fsp3) is 0.0833. The Morgan fingerprint density at radius 3 is 2.67 bits per heavy atom. The van der Waals surface area contributed by atoms with E-state index in [1.165, 1.54) is 24.3 Å². The van der Waals surface area contributed by atoms with Crippen LogP contribution in [0.25, 0.3) is 0 Å². The maximum atomic E-state index is 13.3. The Morgan fingerprint density at radius 1 is 1.28 bits per heavy atom. The highest BCUT2D eigenvalue weighted by Gasteiger charge is 2.10. The molecule has 0 aliphatic heterocycles. The molecular weight excluding hydrogens is 262 g/mol. The monoisotopic (exact) mass is 270 g/mol. The predicted octanol–water partition coefficient (Wildman–Crippen LogP) is 3.55. The lowest BCUT2D eigenvalue weighted by atomic mass is 10.2. The summed E-state index contributed by atoms with van der Waals surface area (Å²) in [5.74, 6) is -2.36. The molecule has 0 saturated heterocycles. The van der Waals surface area contributed by atoms with E-state index in [0.29, 0.717) is 10.7 Å². The third kappa shape index (κ3) is 2.89. The molecule has 0 spiro atoms. The summed E-state index contributed by atoms with van der Waals surface area (Å²) in [6.45, 7) is 0. The molecule has 1 heterocycles. The average molecular weight is 270 g/mol. The molecule has 3 nitrogen and oxygen atoms in total. The van der Waals surface area contributed by atoms with Gasteiger partial charge in [0.2, 0.25) is 5.76 Å². The van der Waals surface area contributed by atoms with E-state index in [2.05, 4.69) is 0 Å². The molecule has 18 heavy (non-hydrogen) atoms. The number of thioether (sulfide) groups is 1. The quantitative estimate of drug-likeness (QED) is 0.863. The molecule has 0 saturated carbocycles. The molecule has 0 bridgehead atoms. The minimum Gasteiger partial charge on any atom is -0.475 e. The van der Waals surface area contributed by atoms with Crippen molar-refractivity contribution in [3.63, 3.8) is 0 Å². The number of carboxylic acid groups (broad SMARTS) is 1. The van der Waals surface area contributed by atoms with Gasteiger partial charge in [-0.1, -0.05) is 17.8 Å². The summed E-state index contributed by atoms with van der Waals surface area (Å²) in [6, 6.07) is 6.14. The average Bonchev–Trinajstić information content (AvgIpc) is 2.76. The van der Waals surface area contributed by atoms with Gasteiger partial charge in [0.05, 0.1) is 0 Å². The van der Waals surface area contributed by atoms with E-state index >= 15 is 0 Å². The third-order valence-electron chi connectivity index (χ3n) is 2.18. The van der Waals surface area contributed by atoms with E-state index in [1.807, 2.05) is 0 Å². The summed E-state index contributed by atoms with van der Waals surface area (Å²) in [6.07, 6.45) is 0. The highest BCUT2D eigenvalue weighted by atomic mass is 32.2. The molecule has 0 atom stereocenters. The summed E-state index contributed by atoms with van der Waals surface area (Å²) < 4.78 is 31.0. The molecule has 6 heteroatoms. The van der Waals surface area contributed by atoms with Crippen LogP contribution < -0.4 is 0 Å². The molecular formula is C12H8F2O3S. The number of hydrogen-bond donors (Lipinski definition) is 1. The van der Waals surface area contributed by atoms with Gasteiger partial charge in [0.15, 0.2) is 5.09 Å². The van der Waals surface area contributed by atoms with Crippen molar-refractivity contribution >= 4 is 17.7 Å². The third-order valence-corrected chi connectivity index (χ3v) is 3.14. The van der Waals surface area contributed by atoms with Gasteiger partial charge in [-0.3, -0.25) is 0 Å². The second-order valence-electron chi connectivity index (χ2n) is 3.45. The zero-order chi connectivity index (χ0) is 13.1. The summed E-state index contributed by atoms with van der Waals surface area (Å²) in [5.41, 5.74) is 0.328. The number of hydrogen-bond acceptors (Lipinski definition) is 3. The van der Waals surface area contributed by atoms with Gasteiger partial charge in [-0.2, -0.15) is 0 Å². The van der Waals surface area contributed by atoms with Crippen molar-refractivity contribution in [2.75, 3.05) is 0 Å². The molecule has 94 valence electrons. The van der Waals surface area contributed by atoms with E-state index in [1.54, 1.807) is 0 Å². The van der Waals surface area contributed by atoms with Gasteiger partial charge in [0.1, 0.15) is 11.6 Å². The van der Waals surface area contributed by atoms with Crippen molar-refractivity contribution in [1.82, 2.24) is 0 Å². The first-order valence-electron chi connectivity index (χ1n) is 4.96. The van der Waals surface area contributed by atoms with Crippen LogP contribution in [0.1, 0.15) is 16.1 Å². The molecule has 0 radical (unpaired) electrons. The van der Waals surface area contributed by atoms with Crippen molar-refractivity contribution in [1.29, 1.82) is 0 Å². The predicted molar refractivity (Wildman–Crippen MR) is 61.6 cm³/mol. The largest absolute Gasteiger partial charge is 0.475 e. The Hall–Kier alpha value is -1.82. The lowest BCUT2D eigenvalue weighted by Gasteiger charge is -2.01. The second kappa shape index (κ2) is 5.22. The first-order chi connectivity index (χ1) is 8.56. The zero-order valence-corrected chi connectivity index (χ0v) is 9.84. The van der Waals surface area contributed by atoms with Crippen LogP contribution in [0, 0.1) is 11.6 Å². The first kappa shape index (κ1) is 12.6. The standard InChI is InChI=1S/C12H8F2O3S/c13-8-2-1-7(9(14)5-8)6-18-11-4-3-10(17-11)12(15)16/h1-5H,6H2,(H,15,16). The van der Waals surface area contributed by atoms with Crippen LogP contribution in [0.15, 0.2) is 39.8 Å². The number of halogens is 2. The minimum atomic E-state index is -1.16. The van der Waals surface area contributed by atoms with E-state index in [4.69, 9.17) is 9.52 Å². The molecule has 0 fully saturated rings. The van der Waals surface area contributed by atoms with Crippen molar-refractivity contribution in [2.45, 2.75) is 10.8 Å². The van der Waals surface area contributed by atoms with Gasteiger partial charge in [0, 0.05) is 11.8 Å². The molecule has 1 aromatic carbocycles. The normalized spacial score (nSPS) is 10.6. The Bertz CT molecular complexity index is 580. The Labute approximate surface area is 105 Å². The van der Waals surface area contributed by atoms with E-state index in [0.717, 1.165) is 17.8 Å². The van der Waals surface area contributed by atoms with Crippen LogP contribution in [0.5, 0.6) is 0 Å². The first-order valence-corrected chi connectivity index (χ1v) is 5.94. The van der Waals surface area contributed by atoms with Crippen LogP contribution in [0.2, 0.25) is 0 Å². The summed E-state index contributed by atoms with van der Waals surface area (Å²) >= 11 is 1.14. The molecule has 2 rings (SSSR count). The van der Waals surface area contributed by atoms with Crippen molar-refractivity contribution < 1.29 is 23.1 Å². The van der Waals surface area contributed by atoms with Gasteiger partial charge in [0.25, 0.3) is 0 Å². The second-order valence-corrected chi connectivity index (χ2v) is 4.43. The maximum Gasteiger partial charge on any atom is 0.371 e. The number of rotatable bonds is 4. The maximum absolute atomic E-state index is 13.3. The van der Waals surface area contributed by atoms with Crippen molar-refractivity contribution in [3.8, 4) is 0 Å². The van der Waals surface area contributed by atoms with Crippen LogP contribution >= 0.6 is 11.8 Å². The van der Waals surface area contributed by atoms with Gasteiger partial charge >= 0.3 is 5.97 Å². The molecule has 0 unspecified atom stereocenters. The molecule has 0 amide bonds. The molecule has 1 aromatic heterocycles. The Balaban J connectivity index is 2.04. The number of aromatic carboxylic acids is 1. The number of furan rings is 1. The lowest BCUT2D eigenvalue weighted by molar-refractivity contribution is 0.0656. The van der Waals surface area contributed by atoms with E-state index in [9.17, 15) is 13.6 Å². The van der Waals surface area contributed by atoms with Gasteiger partial charge in [-0.15, -0.1) is 0 Å².